The first-order valence-corrected chi connectivity index (χ1v) is 10.4. The Morgan fingerprint density at radius 3 is 2.30 bits per heavy atom. The maximum Gasteiger partial charge on any atom is 0.250 e. The average molecular weight is 471 g/mol. The first kappa shape index (κ1) is 25.3. The lowest BCUT2D eigenvalue weighted by molar-refractivity contribution is -0.126. The van der Waals surface area contributed by atoms with Gasteiger partial charge >= 0.3 is 0 Å². The van der Waals surface area contributed by atoms with Gasteiger partial charge in [-0.15, -0.1) is 0 Å². The molecule has 9 nitrogen and oxygen atoms in total. The number of amides is 3. The summed E-state index contributed by atoms with van der Waals surface area (Å²) in [5.74, 6) is -0.0630. The van der Waals surface area contributed by atoms with Gasteiger partial charge in [-0.25, -0.2) is 0 Å². The summed E-state index contributed by atoms with van der Waals surface area (Å²) in [6.45, 7) is 0.395. The molecule has 0 aromatic heterocycles. The van der Waals surface area contributed by atoms with E-state index >= 15 is 0 Å². The van der Waals surface area contributed by atoms with E-state index in [4.69, 9.17) is 21.7 Å². The molecule has 0 aliphatic heterocycles. The van der Waals surface area contributed by atoms with Crippen LogP contribution in [0.4, 0.5) is 0 Å². The minimum Gasteiger partial charge on any atom is -0.493 e. The highest BCUT2D eigenvalue weighted by molar-refractivity contribution is 7.80. The van der Waals surface area contributed by atoms with Crippen molar-refractivity contribution in [2.75, 3.05) is 14.2 Å². The Balaban J connectivity index is 1.67. The number of ether oxygens (including phenoxy) is 2. The summed E-state index contributed by atoms with van der Waals surface area (Å²) >= 11 is 4.98. The molecule has 0 heterocycles. The standard InChI is InChI=1S/C23H26N4O5S/c1-31-18-10-8-16(14-19(18)32-2)9-11-21(29)25-23(33)27-26-22(30)13-12-20(28)24-15-17-6-4-3-5-7-17/h3-11,14H,12-13,15H2,1-2H3,(H,24,28)(H,26,30)(H2,25,27,29,33)/b11-9+. The molecule has 0 aliphatic carbocycles. The van der Waals surface area contributed by atoms with Gasteiger partial charge in [0.1, 0.15) is 0 Å². The van der Waals surface area contributed by atoms with Gasteiger partial charge in [0.2, 0.25) is 17.7 Å². The second-order valence-corrected chi connectivity index (χ2v) is 7.11. The zero-order valence-electron chi connectivity index (χ0n) is 18.3. The third kappa shape index (κ3) is 9.40. The van der Waals surface area contributed by atoms with Crippen molar-refractivity contribution in [1.82, 2.24) is 21.5 Å². The maximum atomic E-state index is 12.0. The number of hydrazine groups is 1. The second kappa shape index (κ2) is 13.5. The summed E-state index contributed by atoms with van der Waals surface area (Å²) in [7, 11) is 3.06. The molecule has 4 N–H and O–H groups in total. The monoisotopic (exact) mass is 470 g/mol. The molecule has 10 heteroatoms. The van der Waals surface area contributed by atoms with Crippen LogP contribution in [0.25, 0.3) is 6.08 Å². The lowest BCUT2D eigenvalue weighted by Gasteiger charge is -2.10. The molecule has 2 aromatic carbocycles. The Morgan fingerprint density at radius 2 is 1.61 bits per heavy atom. The van der Waals surface area contributed by atoms with E-state index in [2.05, 4.69) is 21.5 Å². The van der Waals surface area contributed by atoms with E-state index < -0.39 is 11.8 Å². The van der Waals surface area contributed by atoms with Crippen LogP contribution >= 0.6 is 12.2 Å². The Kier molecular flexibility index (Phi) is 10.4. The summed E-state index contributed by atoms with van der Waals surface area (Å²) in [6, 6.07) is 14.7. The van der Waals surface area contributed by atoms with E-state index in [0.29, 0.717) is 18.0 Å². The summed E-state index contributed by atoms with van der Waals surface area (Å²) in [6.07, 6.45) is 2.84. The molecule has 0 radical (unpaired) electrons. The number of hydrogen-bond acceptors (Lipinski definition) is 6. The Labute approximate surface area is 197 Å². The van der Waals surface area contributed by atoms with Crippen molar-refractivity contribution in [2.45, 2.75) is 19.4 Å². The highest BCUT2D eigenvalue weighted by Crippen LogP contribution is 2.27. The van der Waals surface area contributed by atoms with Crippen molar-refractivity contribution in [3.63, 3.8) is 0 Å². The molecule has 0 bridgehead atoms. The fourth-order valence-electron chi connectivity index (χ4n) is 2.61. The number of thiocarbonyl (C=S) groups is 1. The summed E-state index contributed by atoms with van der Waals surface area (Å²) < 4.78 is 10.4. The van der Waals surface area contributed by atoms with Crippen LogP contribution in [0.3, 0.4) is 0 Å². The van der Waals surface area contributed by atoms with Crippen LogP contribution in [0.15, 0.2) is 54.6 Å². The normalized spacial score (nSPS) is 10.2. The molecule has 2 rings (SSSR count). The van der Waals surface area contributed by atoms with Crippen LogP contribution < -0.4 is 31.0 Å². The number of carbonyl (C=O) groups excluding carboxylic acids is 3. The van der Waals surface area contributed by atoms with Crippen LogP contribution in [0.1, 0.15) is 24.0 Å². The van der Waals surface area contributed by atoms with E-state index in [9.17, 15) is 14.4 Å². The lowest BCUT2D eigenvalue weighted by Crippen LogP contribution is -2.48. The van der Waals surface area contributed by atoms with Crippen LogP contribution in [-0.4, -0.2) is 37.1 Å². The third-order valence-electron chi connectivity index (χ3n) is 4.30. The molecule has 0 fully saturated rings. The number of nitrogens with one attached hydrogen (secondary N) is 4. The molecular weight excluding hydrogens is 444 g/mol. The Bertz CT molecular complexity index is 1010. The van der Waals surface area contributed by atoms with Gasteiger partial charge < -0.3 is 14.8 Å². The number of benzene rings is 2. The molecule has 0 atom stereocenters. The quantitative estimate of drug-likeness (QED) is 0.251. The van der Waals surface area contributed by atoms with Crippen molar-refractivity contribution in [2.24, 2.45) is 0 Å². The fraction of sp³-hybridized carbons (Fsp3) is 0.217. The fourth-order valence-corrected chi connectivity index (χ4v) is 2.77. The van der Waals surface area contributed by atoms with E-state index in [0.717, 1.165) is 11.1 Å². The van der Waals surface area contributed by atoms with E-state index in [1.54, 1.807) is 24.3 Å². The second-order valence-electron chi connectivity index (χ2n) is 6.70. The van der Waals surface area contributed by atoms with Crippen molar-refractivity contribution in [3.8, 4) is 11.5 Å². The van der Waals surface area contributed by atoms with Crippen molar-refractivity contribution in [1.29, 1.82) is 0 Å². The predicted molar refractivity (Wildman–Crippen MR) is 128 cm³/mol. The van der Waals surface area contributed by atoms with Gasteiger partial charge in [0.15, 0.2) is 16.6 Å². The van der Waals surface area contributed by atoms with E-state index in [1.807, 2.05) is 30.3 Å². The smallest absolute Gasteiger partial charge is 0.250 e. The number of rotatable bonds is 9. The van der Waals surface area contributed by atoms with Gasteiger partial charge in [-0.2, -0.15) is 0 Å². The Hall–Kier alpha value is -3.92. The molecule has 0 saturated heterocycles. The molecule has 0 spiro atoms. The highest BCUT2D eigenvalue weighted by Gasteiger charge is 2.08. The van der Waals surface area contributed by atoms with Gasteiger partial charge in [0.25, 0.3) is 0 Å². The first-order chi connectivity index (χ1) is 15.9. The van der Waals surface area contributed by atoms with Gasteiger partial charge in [0.05, 0.1) is 14.2 Å². The summed E-state index contributed by atoms with van der Waals surface area (Å²) in [4.78, 5) is 35.7. The average Bonchev–Trinajstić information content (AvgIpc) is 2.84. The zero-order chi connectivity index (χ0) is 24.1. The van der Waals surface area contributed by atoms with Crippen LogP contribution in [-0.2, 0) is 20.9 Å². The molecule has 0 unspecified atom stereocenters. The topological polar surface area (TPSA) is 118 Å². The molecule has 33 heavy (non-hydrogen) atoms. The molecular formula is C23H26N4O5S. The van der Waals surface area contributed by atoms with E-state index in [1.165, 1.54) is 20.3 Å². The molecule has 0 saturated carbocycles. The van der Waals surface area contributed by atoms with Gasteiger partial charge in [0, 0.05) is 25.5 Å². The van der Waals surface area contributed by atoms with Crippen LogP contribution in [0.5, 0.6) is 11.5 Å². The number of methoxy groups -OCH3 is 2. The third-order valence-corrected chi connectivity index (χ3v) is 4.50. The molecule has 3 amide bonds. The van der Waals surface area contributed by atoms with Gasteiger partial charge in [-0.3, -0.25) is 30.6 Å². The van der Waals surface area contributed by atoms with E-state index in [-0.39, 0.29) is 23.9 Å². The van der Waals surface area contributed by atoms with Crippen molar-refractivity contribution in [3.05, 3.63) is 65.7 Å². The summed E-state index contributed by atoms with van der Waals surface area (Å²) in [5, 5.41) is 5.06. The van der Waals surface area contributed by atoms with Crippen LogP contribution in [0, 0.1) is 0 Å². The summed E-state index contributed by atoms with van der Waals surface area (Å²) in [5.41, 5.74) is 6.46. The maximum absolute atomic E-state index is 12.0. The minimum atomic E-state index is -0.489. The Morgan fingerprint density at radius 1 is 0.909 bits per heavy atom. The number of hydrogen-bond donors (Lipinski definition) is 4. The molecule has 2 aromatic rings. The highest BCUT2D eigenvalue weighted by atomic mass is 32.1. The minimum absolute atomic E-state index is 0.0214. The SMILES string of the molecule is COc1ccc(/C=C/C(=O)NC(=S)NNC(=O)CCC(=O)NCc2ccccc2)cc1OC. The zero-order valence-corrected chi connectivity index (χ0v) is 19.2. The van der Waals surface area contributed by atoms with Crippen molar-refractivity contribution >= 4 is 41.1 Å². The van der Waals surface area contributed by atoms with Gasteiger partial charge in [-0.1, -0.05) is 36.4 Å². The first-order valence-electron chi connectivity index (χ1n) is 10.0. The number of carbonyl (C=O) groups is 3. The largest absolute Gasteiger partial charge is 0.493 e. The lowest BCUT2D eigenvalue weighted by atomic mass is 10.2. The molecule has 0 aliphatic rings. The predicted octanol–water partition coefficient (Wildman–Crippen LogP) is 1.84. The van der Waals surface area contributed by atoms with Crippen LogP contribution in [0.2, 0.25) is 0 Å². The van der Waals surface area contributed by atoms with Crippen molar-refractivity contribution < 1.29 is 23.9 Å². The molecule has 174 valence electrons. The van der Waals surface area contributed by atoms with Gasteiger partial charge in [-0.05, 0) is 41.6 Å².